The molecule has 0 aromatic rings. The van der Waals surface area contributed by atoms with Crippen LogP contribution in [0.25, 0.3) is 0 Å². The molecule has 0 N–H and O–H groups in total. The summed E-state index contributed by atoms with van der Waals surface area (Å²) in [6, 6.07) is 0. The Kier molecular flexibility index (Phi) is 4.82. The van der Waals surface area contributed by atoms with Gasteiger partial charge in [-0.1, -0.05) is 41.0 Å². The molecule has 1 aliphatic rings. The van der Waals surface area contributed by atoms with E-state index in [0.29, 0.717) is 17.8 Å². The van der Waals surface area contributed by atoms with Crippen LogP contribution in [0.5, 0.6) is 0 Å². The van der Waals surface area contributed by atoms with Gasteiger partial charge in [-0.2, -0.15) is 0 Å². The van der Waals surface area contributed by atoms with Gasteiger partial charge in [-0.15, -0.1) is 0 Å². The maximum absolute atomic E-state index is 11.7. The highest BCUT2D eigenvalue weighted by Gasteiger charge is 2.33. The highest BCUT2D eigenvalue weighted by Crippen LogP contribution is 2.35. The molecular formula is C14H26O2. The maximum Gasteiger partial charge on any atom is 0.308 e. The fraction of sp³-hybridized carbons (Fsp3) is 0.929. The summed E-state index contributed by atoms with van der Waals surface area (Å²) in [5.41, 5.74) is 0. The Balaban J connectivity index is 2.61. The Morgan fingerprint density at radius 3 is 2.31 bits per heavy atom. The lowest BCUT2D eigenvalue weighted by molar-refractivity contribution is -0.159. The minimum absolute atomic E-state index is 0.00922. The smallest absolute Gasteiger partial charge is 0.308 e. The molecule has 1 rings (SSSR count). The summed E-state index contributed by atoms with van der Waals surface area (Å²) < 4.78 is 5.66. The quantitative estimate of drug-likeness (QED) is 0.687. The molecular weight excluding hydrogens is 200 g/mol. The first kappa shape index (κ1) is 13.5. The van der Waals surface area contributed by atoms with E-state index in [1.54, 1.807) is 0 Å². The van der Waals surface area contributed by atoms with Crippen molar-refractivity contribution >= 4 is 5.97 Å². The molecule has 0 radical (unpaired) electrons. The van der Waals surface area contributed by atoms with Crippen LogP contribution < -0.4 is 0 Å². The first-order valence-corrected chi connectivity index (χ1v) is 6.62. The average Bonchev–Trinajstić information content (AvgIpc) is 2.16. The van der Waals surface area contributed by atoms with Gasteiger partial charge >= 0.3 is 5.97 Å². The highest BCUT2D eigenvalue weighted by atomic mass is 16.5. The number of esters is 1. The van der Waals surface area contributed by atoms with Gasteiger partial charge in [-0.25, -0.2) is 0 Å². The van der Waals surface area contributed by atoms with Gasteiger partial charge in [0, 0.05) is 0 Å². The molecule has 0 bridgehead atoms. The molecule has 16 heavy (non-hydrogen) atoms. The Labute approximate surface area is 99.8 Å². The summed E-state index contributed by atoms with van der Waals surface area (Å²) in [5.74, 6) is 1.81. The van der Waals surface area contributed by atoms with Crippen LogP contribution >= 0.6 is 0 Å². The molecule has 0 aromatic heterocycles. The molecule has 0 aliphatic heterocycles. The van der Waals surface area contributed by atoms with Gasteiger partial charge in [0.1, 0.15) is 6.10 Å². The molecule has 94 valence electrons. The molecule has 0 saturated heterocycles. The predicted molar refractivity (Wildman–Crippen MR) is 66.1 cm³/mol. The highest BCUT2D eigenvalue weighted by molar-refractivity contribution is 5.71. The third kappa shape index (κ3) is 3.50. The van der Waals surface area contributed by atoms with Gasteiger partial charge in [-0.3, -0.25) is 4.79 Å². The molecule has 3 atom stereocenters. The SMILES string of the molecule is CC(C)C(=O)O[C@@H]1C[C@@H](C)CC[C@@H]1C(C)C. The van der Waals surface area contributed by atoms with Crippen LogP contribution in [-0.2, 0) is 9.53 Å². The molecule has 1 saturated carbocycles. The van der Waals surface area contributed by atoms with E-state index < -0.39 is 0 Å². The van der Waals surface area contributed by atoms with E-state index in [0.717, 1.165) is 6.42 Å². The van der Waals surface area contributed by atoms with Crippen molar-refractivity contribution in [3.8, 4) is 0 Å². The van der Waals surface area contributed by atoms with Gasteiger partial charge in [0.25, 0.3) is 0 Å². The van der Waals surface area contributed by atoms with E-state index in [1.807, 2.05) is 13.8 Å². The molecule has 1 aliphatic carbocycles. The molecule has 0 spiro atoms. The molecule has 2 heteroatoms. The Hall–Kier alpha value is -0.530. The number of rotatable bonds is 3. The van der Waals surface area contributed by atoms with Gasteiger partial charge in [0.05, 0.1) is 5.92 Å². The van der Waals surface area contributed by atoms with Crippen LogP contribution in [0, 0.1) is 23.7 Å². The Bertz CT molecular complexity index is 233. The van der Waals surface area contributed by atoms with Crippen molar-refractivity contribution in [2.24, 2.45) is 23.7 Å². The largest absolute Gasteiger partial charge is 0.462 e. The van der Waals surface area contributed by atoms with Crippen LogP contribution in [-0.4, -0.2) is 12.1 Å². The second-order valence-corrected chi connectivity index (χ2v) is 5.96. The van der Waals surface area contributed by atoms with Crippen molar-refractivity contribution in [2.45, 2.75) is 60.0 Å². The molecule has 0 heterocycles. The zero-order chi connectivity index (χ0) is 12.3. The van der Waals surface area contributed by atoms with Gasteiger partial charge in [0.2, 0.25) is 0 Å². The average molecular weight is 226 g/mol. The summed E-state index contributed by atoms with van der Waals surface area (Å²) in [7, 11) is 0. The van der Waals surface area contributed by atoms with E-state index in [9.17, 15) is 4.79 Å². The number of hydrogen-bond acceptors (Lipinski definition) is 2. The lowest BCUT2D eigenvalue weighted by Crippen LogP contribution is -2.36. The zero-order valence-corrected chi connectivity index (χ0v) is 11.3. The monoisotopic (exact) mass is 226 g/mol. The summed E-state index contributed by atoms with van der Waals surface area (Å²) in [6.45, 7) is 10.5. The van der Waals surface area contributed by atoms with Crippen molar-refractivity contribution < 1.29 is 9.53 Å². The maximum atomic E-state index is 11.7. The second kappa shape index (κ2) is 5.70. The lowest BCUT2D eigenvalue weighted by Gasteiger charge is -2.37. The third-order valence-corrected chi connectivity index (χ3v) is 3.70. The van der Waals surface area contributed by atoms with Crippen LogP contribution in [0.15, 0.2) is 0 Å². The summed E-state index contributed by atoms with van der Waals surface area (Å²) in [4.78, 5) is 11.7. The number of carbonyl (C=O) groups excluding carboxylic acids is 1. The summed E-state index contributed by atoms with van der Waals surface area (Å²) >= 11 is 0. The van der Waals surface area contributed by atoms with Crippen LogP contribution in [0.4, 0.5) is 0 Å². The molecule has 2 nitrogen and oxygen atoms in total. The minimum atomic E-state index is -0.0373. The standard InChI is InChI=1S/C14H26O2/c1-9(2)12-7-6-11(5)8-13(12)16-14(15)10(3)4/h9-13H,6-8H2,1-5H3/t11-,12+,13+/m0/s1. The van der Waals surface area contributed by atoms with Crippen LogP contribution in [0.2, 0.25) is 0 Å². The van der Waals surface area contributed by atoms with Crippen molar-refractivity contribution in [1.29, 1.82) is 0 Å². The Morgan fingerprint density at radius 1 is 1.19 bits per heavy atom. The van der Waals surface area contributed by atoms with E-state index in [2.05, 4.69) is 20.8 Å². The lowest BCUT2D eigenvalue weighted by atomic mass is 9.75. The molecule has 1 fully saturated rings. The topological polar surface area (TPSA) is 26.3 Å². The van der Waals surface area contributed by atoms with E-state index >= 15 is 0 Å². The minimum Gasteiger partial charge on any atom is -0.462 e. The van der Waals surface area contributed by atoms with Crippen molar-refractivity contribution in [3.63, 3.8) is 0 Å². The van der Waals surface area contributed by atoms with Crippen LogP contribution in [0.1, 0.15) is 53.9 Å². The fourth-order valence-electron chi connectivity index (χ4n) is 2.54. The number of ether oxygens (including phenoxy) is 1. The van der Waals surface area contributed by atoms with Crippen LogP contribution in [0.3, 0.4) is 0 Å². The van der Waals surface area contributed by atoms with Crippen molar-refractivity contribution in [3.05, 3.63) is 0 Å². The normalized spacial score (nSPS) is 30.8. The molecule has 0 amide bonds. The number of carbonyl (C=O) groups is 1. The first-order valence-electron chi connectivity index (χ1n) is 6.62. The Morgan fingerprint density at radius 2 is 1.81 bits per heavy atom. The van der Waals surface area contributed by atoms with E-state index in [-0.39, 0.29) is 18.0 Å². The van der Waals surface area contributed by atoms with Crippen molar-refractivity contribution in [1.82, 2.24) is 0 Å². The van der Waals surface area contributed by atoms with E-state index in [1.165, 1.54) is 12.8 Å². The molecule has 0 unspecified atom stereocenters. The van der Waals surface area contributed by atoms with Gasteiger partial charge in [-0.05, 0) is 30.6 Å². The predicted octanol–water partition coefficient (Wildman–Crippen LogP) is 3.65. The molecule has 0 aromatic carbocycles. The van der Waals surface area contributed by atoms with Gasteiger partial charge in [0.15, 0.2) is 0 Å². The second-order valence-electron chi connectivity index (χ2n) is 5.96. The zero-order valence-electron chi connectivity index (χ0n) is 11.3. The number of hydrogen-bond donors (Lipinski definition) is 0. The van der Waals surface area contributed by atoms with Crippen molar-refractivity contribution in [2.75, 3.05) is 0 Å². The van der Waals surface area contributed by atoms with E-state index in [4.69, 9.17) is 4.74 Å². The summed E-state index contributed by atoms with van der Waals surface area (Å²) in [5, 5.41) is 0. The first-order chi connectivity index (χ1) is 7.41. The fourth-order valence-corrected chi connectivity index (χ4v) is 2.54. The van der Waals surface area contributed by atoms with Gasteiger partial charge < -0.3 is 4.74 Å². The third-order valence-electron chi connectivity index (χ3n) is 3.70. The summed E-state index contributed by atoms with van der Waals surface area (Å²) in [6.07, 6.45) is 3.67.